The average molecular weight is 466 g/mol. The Kier molecular flexibility index (Phi) is 5.52. The lowest BCUT2D eigenvalue weighted by molar-refractivity contribution is 0.0527. The zero-order valence-electron chi connectivity index (χ0n) is 18.1. The number of halogens is 2. The van der Waals surface area contributed by atoms with E-state index in [1.807, 2.05) is 6.07 Å². The number of nitrogens with zero attached hydrogens (tertiary/aromatic N) is 5. The van der Waals surface area contributed by atoms with Gasteiger partial charge in [0.1, 0.15) is 11.3 Å². The van der Waals surface area contributed by atoms with Crippen molar-refractivity contribution < 1.29 is 23.1 Å². The molecule has 1 saturated carbocycles. The number of rotatable bonds is 7. The first kappa shape index (κ1) is 21.7. The van der Waals surface area contributed by atoms with Gasteiger partial charge in [-0.1, -0.05) is 18.2 Å². The van der Waals surface area contributed by atoms with Crippen molar-refractivity contribution in [2.24, 2.45) is 0 Å². The Hall–Kier alpha value is -4.15. The lowest BCUT2D eigenvalue weighted by atomic mass is 10.2. The number of amides is 1. The molecule has 1 N–H and O–H groups in total. The molecule has 4 aromatic rings. The maximum Gasteiger partial charge on any atom is 0.343 e. The highest BCUT2D eigenvalue weighted by Crippen LogP contribution is 2.40. The number of hydrogen-bond acceptors (Lipinski definition) is 6. The van der Waals surface area contributed by atoms with Crippen molar-refractivity contribution in [2.75, 3.05) is 11.9 Å². The van der Waals surface area contributed by atoms with Crippen molar-refractivity contribution in [3.8, 4) is 5.69 Å². The quantitative estimate of drug-likeness (QED) is 0.410. The zero-order valence-corrected chi connectivity index (χ0v) is 18.1. The third-order valence-corrected chi connectivity index (χ3v) is 5.42. The van der Waals surface area contributed by atoms with E-state index < -0.39 is 18.3 Å². The summed E-state index contributed by atoms with van der Waals surface area (Å²) < 4.78 is 34.8. The van der Waals surface area contributed by atoms with Crippen LogP contribution < -0.4 is 5.32 Å². The molecule has 0 saturated heterocycles. The first-order valence-corrected chi connectivity index (χ1v) is 10.8. The number of esters is 1. The third-order valence-electron chi connectivity index (χ3n) is 5.42. The molecule has 5 rings (SSSR count). The fourth-order valence-electron chi connectivity index (χ4n) is 3.64. The number of anilines is 1. The molecular weight excluding hydrogens is 446 g/mol. The second-order valence-electron chi connectivity index (χ2n) is 7.81. The summed E-state index contributed by atoms with van der Waals surface area (Å²) in [5.41, 5.74) is 0.920. The van der Waals surface area contributed by atoms with Crippen molar-refractivity contribution in [3.63, 3.8) is 0 Å². The summed E-state index contributed by atoms with van der Waals surface area (Å²) >= 11 is 0. The summed E-state index contributed by atoms with van der Waals surface area (Å²) in [6.45, 7) is 1.80. The van der Waals surface area contributed by atoms with Crippen LogP contribution in [0.2, 0.25) is 0 Å². The fraction of sp³-hybridized carbons (Fsp3) is 0.261. The molecule has 0 bridgehead atoms. The number of aromatic nitrogens is 5. The summed E-state index contributed by atoms with van der Waals surface area (Å²) in [4.78, 5) is 30.0. The number of alkyl halides is 2. The predicted molar refractivity (Wildman–Crippen MR) is 117 cm³/mol. The van der Waals surface area contributed by atoms with Gasteiger partial charge in [-0.25, -0.2) is 27.8 Å². The Morgan fingerprint density at radius 1 is 1.21 bits per heavy atom. The molecule has 34 heavy (non-hydrogen) atoms. The van der Waals surface area contributed by atoms with Gasteiger partial charge < -0.3 is 10.1 Å². The molecule has 0 atom stereocenters. The van der Waals surface area contributed by atoms with Crippen LogP contribution in [0.4, 0.5) is 14.6 Å². The van der Waals surface area contributed by atoms with Gasteiger partial charge in [-0.15, -0.1) is 0 Å². The molecule has 1 aliphatic rings. The summed E-state index contributed by atoms with van der Waals surface area (Å²) in [6, 6.07) is 11.6. The number of benzene rings is 1. The molecule has 3 aromatic heterocycles. The molecular formula is C23H20F2N6O3. The van der Waals surface area contributed by atoms with Crippen molar-refractivity contribution in [1.29, 1.82) is 0 Å². The lowest BCUT2D eigenvalue weighted by Crippen LogP contribution is -2.18. The van der Waals surface area contributed by atoms with Gasteiger partial charge in [-0.2, -0.15) is 10.2 Å². The molecule has 11 heteroatoms. The summed E-state index contributed by atoms with van der Waals surface area (Å²) in [6.07, 6.45) is 0.303. The van der Waals surface area contributed by atoms with Crippen LogP contribution in [0, 0.1) is 0 Å². The first-order valence-electron chi connectivity index (χ1n) is 10.8. The molecule has 1 aromatic carbocycles. The number of para-hydroxylation sites is 1. The predicted octanol–water partition coefficient (Wildman–Crippen LogP) is 4.16. The minimum atomic E-state index is -2.78. The topological polar surface area (TPSA) is 103 Å². The molecule has 0 radical (unpaired) electrons. The van der Waals surface area contributed by atoms with E-state index in [0.717, 1.165) is 17.4 Å². The van der Waals surface area contributed by atoms with Gasteiger partial charge in [0.15, 0.2) is 17.2 Å². The second kappa shape index (κ2) is 8.65. The van der Waals surface area contributed by atoms with Crippen LogP contribution in [0.15, 0.2) is 48.7 Å². The molecule has 9 nitrogen and oxygen atoms in total. The van der Waals surface area contributed by atoms with Gasteiger partial charge in [-0.3, -0.25) is 4.79 Å². The molecule has 1 amide bonds. The minimum Gasteiger partial charge on any atom is -0.462 e. The minimum absolute atomic E-state index is 0.0465. The summed E-state index contributed by atoms with van der Waals surface area (Å²) in [7, 11) is 0. The number of carbonyl (C=O) groups is 2. The van der Waals surface area contributed by atoms with Crippen LogP contribution in [-0.4, -0.2) is 42.9 Å². The molecule has 3 heterocycles. The Morgan fingerprint density at radius 2 is 1.97 bits per heavy atom. The largest absolute Gasteiger partial charge is 0.462 e. The SMILES string of the molecule is CCOC(=O)c1cnn(-c2ccccc2)c1NC(=O)c1cc2nc(C3CC3)cc(C(F)F)n2n1. The number of fused-ring (bicyclic) bond motifs is 1. The lowest BCUT2D eigenvalue weighted by Gasteiger charge is -2.10. The van der Waals surface area contributed by atoms with Crippen LogP contribution in [0.3, 0.4) is 0 Å². The van der Waals surface area contributed by atoms with Gasteiger partial charge in [-0.05, 0) is 38.0 Å². The number of carbonyl (C=O) groups excluding carboxylic acids is 2. The van der Waals surface area contributed by atoms with Crippen molar-refractivity contribution >= 4 is 23.3 Å². The second-order valence-corrected chi connectivity index (χ2v) is 7.81. The van der Waals surface area contributed by atoms with E-state index in [1.165, 1.54) is 23.0 Å². The standard InChI is InChI=1S/C23H20F2N6O3/c1-2-34-23(33)15-12-26-30(14-6-4-3-5-7-14)21(15)28-22(32)17-11-19-27-16(13-8-9-13)10-18(20(24)25)31(19)29-17/h3-7,10-13,20H,2,8-9H2,1H3,(H,28,32). The molecule has 0 aliphatic heterocycles. The van der Waals surface area contributed by atoms with Gasteiger partial charge in [0, 0.05) is 17.7 Å². The van der Waals surface area contributed by atoms with E-state index in [-0.39, 0.29) is 40.9 Å². The van der Waals surface area contributed by atoms with E-state index in [4.69, 9.17) is 4.74 Å². The maximum absolute atomic E-state index is 13.7. The van der Waals surface area contributed by atoms with Crippen LogP contribution in [-0.2, 0) is 4.74 Å². The number of ether oxygens (including phenoxy) is 1. The monoisotopic (exact) mass is 466 g/mol. The Labute approximate surface area is 192 Å². The zero-order chi connectivity index (χ0) is 23.8. The van der Waals surface area contributed by atoms with Gasteiger partial charge in [0.05, 0.1) is 18.5 Å². The van der Waals surface area contributed by atoms with Crippen LogP contribution >= 0.6 is 0 Å². The van der Waals surface area contributed by atoms with Crippen molar-refractivity contribution in [3.05, 3.63) is 71.3 Å². The highest BCUT2D eigenvalue weighted by molar-refractivity contribution is 6.07. The third kappa shape index (κ3) is 4.00. The maximum atomic E-state index is 13.7. The molecule has 1 aliphatic carbocycles. The molecule has 1 fully saturated rings. The van der Waals surface area contributed by atoms with E-state index in [1.54, 1.807) is 31.2 Å². The smallest absolute Gasteiger partial charge is 0.343 e. The molecule has 174 valence electrons. The summed E-state index contributed by atoms with van der Waals surface area (Å²) in [5.74, 6) is -1.14. The van der Waals surface area contributed by atoms with E-state index in [0.29, 0.717) is 11.4 Å². The normalized spacial score (nSPS) is 13.4. The number of hydrogen-bond donors (Lipinski definition) is 1. The van der Waals surface area contributed by atoms with E-state index in [2.05, 4.69) is 20.5 Å². The fourth-order valence-corrected chi connectivity index (χ4v) is 3.64. The average Bonchev–Trinajstić information content (AvgIpc) is 3.46. The Morgan fingerprint density at radius 3 is 2.65 bits per heavy atom. The Bertz CT molecular complexity index is 1380. The van der Waals surface area contributed by atoms with E-state index in [9.17, 15) is 18.4 Å². The van der Waals surface area contributed by atoms with Crippen LogP contribution in [0.25, 0.3) is 11.3 Å². The van der Waals surface area contributed by atoms with E-state index >= 15 is 0 Å². The Balaban J connectivity index is 1.53. The molecule has 0 unspecified atom stereocenters. The number of nitrogens with one attached hydrogen (secondary N) is 1. The van der Waals surface area contributed by atoms with Crippen LogP contribution in [0.5, 0.6) is 0 Å². The molecule has 0 spiro atoms. The van der Waals surface area contributed by atoms with Gasteiger partial charge in [0.2, 0.25) is 0 Å². The van der Waals surface area contributed by atoms with Crippen LogP contribution in [0.1, 0.15) is 64.3 Å². The van der Waals surface area contributed by atoms with Gasteiger partial charge >= 0.3 is 5.97 Å². The first-order chi connectivity index (χ1) is 16.5. The highest BCUT2D eigenvalue weighted by Gasteiger charge is 2.29. The highest BCUT2D eigenvalue weighted by atomic mass is 19.3. The van der Waals surface area contributed by atoms with Crippen molar-refractivity contribution in [2.45, 2.75) is 32.1 Å². The van der Waals surface area contributed by atoms with Crippen molar-refractivity contribution in [1.82, 2.24) is 24.4 Å². The summed E-state index contributed by atoms with van der Waals surface area (Å²) in [5, 5.41) is 10.9. The van der Waals surface area contributed by atoms with Gasteiger partial charge in [0.25, 0.3) is 12.3 Å².